The molecule has 19 heavy (non-hydrogen) atoms. The van der Waals surface area contributed by atoms with E-state index < -0.39 is 0 Å². The van der Waals surface area contributed by atoms with Gasteiger partial charge in [-0.1, -0.05) is 28.9 Å². The number of nitrogens with two attached hydrogens (primary N) is 1. The van der Waals surface area contributed by atoms with Gasteiger partial charge in [-0.3, -0.25) is 0 Å². The average molecular weight is 279 g/mol. The summed E-state index contributed by atoms with van der Waals surface area (Å²) in [6.07, 6.45) is 0. The molecular weight excluding hydrogens is 267 g/mol. The lowest BCUT2D eigenvalue weighted by atomic mass is 10.2. The van der Waals surface area contributed by atoms with Crippen molar-refractivity contribution in [2.45, 2.75) is 6.61 Å². The van der Waals surface area contributed by atoms with Gasteiger partial charge in [0.2, 0.25) is 0 Å². The van der Waals surface area contributed by atoms with Gasteiger partial charge in [0, 0.05) is 10.6 Å². The van der Waals surface area contributed by atoms with E-state index in [4.69, 9.17) is 22.2 Å². The zero-order valence-corrected chi connectivity index (χ0v) is 10.8. The minimum atomic E-state index is -0.323. The first-order chi connectivity index (χ1) is 9.15. The van der Waals surface area contributed by atoms with E-state index in [2.05, 4.69) is 5.16 Å². The molecule has 0 unspecified atom stereocenters. The summed E-state index contributed by atoms with van der Waals surface area (Å²) in [7, 11) is 0. The Balaban J connectivity index is 1.97. The van der Waals surface area contributed by atoms with Crippen molar-refractivity contribution < 1.29 is 9.23 Å². The molecule has 0 saturated carbocycles. The molecule has 0 radical (unpaired) electrons. The number of hydrogen-bond donors (Lipinski definition) is 1. The number of hydrogen-bond acceptors (Lipinski definition) is 2. The smallest absolute Gasteiger partial charge is 0.170 e. The van der Waals surface area contributed by atoms with Crippen molar-refractivity contribution in [3.8, 4) is 0 Å². The Morgan fingerprint density at radius 3 is 2.63 bits per heavy atom. The highest BCUT2D eigenvalue weighted by molar-refractivity contribution is 6.30. The quantitative estimate of drug-likeness (QED) is 0.530. The van der Waals surface area contributed by atoms with Gasteiger partial charge in [0.1, 0.15) is 12.4 Å². The Hall–Kier alpha value is -2.07. The van der Waals surface area contributed by atoms with E-state index in [1.165, 1.54) is 24.3 Å². The number of rotatable bonds is 4. The molecule has 0 aliphatic carbocycles. The zero-order valence-electron chi connectivity index (χ0n) is 10.0. The van der Waals surface area contributed by atoms with Crippen LogP contribution in [-0.4, -0.2) is 5.84 Å². The lowest BCUT2D eigenvalue weighted by Crippen LogP contribution is -2.13. The molecule has 2 aromatic rings. The van der Waals surface area contributed by atoms with Gasteiger partial charge < -0.3 is 10.6 Å². The molecule has 0 saturated heterocycles. The number of oxime groups is 1. The summed E-state index contributed by atoms with van der Waals surface area (Å²) in [5, 5.41) is 4.41. The van der Waals surface area contributed by atoms with Crippen LogP contribution >= 0.6 is 11.6 Å². The van der Waals surface area contributed by atoms with E-state index in [1.807, 2.05) is 12.1 Å². The minimum absolute atomic E-state index is 0.196. The lowest BCUT2D eigenvalue weighted by Gasteiger charge is -2.03. The molecule has 0 amide bonds. The van der Waals surface area contributed by atoms with Crippen LogP contribution in [0, 0.1) is 5.82 Å². The normalized spacial score (nSPS) is 11.4. The van der Waals surface area contributed by atoms with Crippen LogP contribution in [0.5, 0.6) is 0 Å². The van der Waals surface area contributed by atoms with Crippen LogP contribution in [-0.2, 0) is 11.4 Å². The van der Waals surface area contributed by atoms with Gasteiger partial charge in [-0.2, -0.15) is 0 Å². The first-order valence-corrected chi connectivity index (χ1v) is 5.99. The van der Waals surface area contributed by atoms with Crippen molar-refractivity contribution in [2.24, 2.45) is 10.9 Å². The first kappa shape index (κ1) is 13.4. The third-order valence-corrected chi connectivity index (χ3v) is 2.66. The molecule has 2 N–H and O–H groups in total. The SMILES string of the molecule is N/C(=N\OCc1cccc(Cl)c1)c1ccc(F)cc1. The van der Waals surface area contributed by atoms with E-state index in [1.54, 1.807) is 12.1 Å². The molecule has 0 spiro atoms. The highest BCUT2D eigenvalue weighted by Crippen LogP contribution is 2.11. The first-order valence-electron chi connectivity index (χ1n) is 5.61. The summed E-state index contributed by atoms with van der Waals surface area (Å²) in [6, 6.07) is 13.0. The molecule has 0 heterocycles. The molecule has 2 aromatic carbocycles. The van der Waals surface area contributed by atoms with Crippen LogP contribution in [0.1, 0.15) is 11.1 Å². The van der Waals surface area contributed by atoms with Gasteiger partial charge in [0.25, 0.3) is 0 Å². The largest absolute Gasteiger partial charge is 0.389 e. The van der Waals surface area contributed by atoms with E-state index in [9.17, 15) is 4.39 Å². The Morgan fingerprint density at radius 2 is 1.95 bits per heavy atom. The van der Waals surface area contributed by atoms with Crippen LogP contribution in [0.4, 0.5) is 4.39 Å². The highest BCUT2D eigenvalue weighted by atomic mass is 35.5. The molecule has 98 valence electrons. The molecule has 0 fully saturated rings. The molecule has 3 nitrogen and oxygen atoms in total. The third-order valence-electron chi connectivity index (χ3n) is 2.42. The van der Waals surface area contributed by atoms with Crippen molar-refractivity contribution in [3.05, 3.63) is 70.5 Å². The molecule has 0 aromatic heterocycles. The van der Waals surface area contributed by atoms with Gasteiger partial charge >= 0.3 is 0 Å². The lowest BCUT2D eigenvalue weighted by molar-refractivity contribution is 0.130. The van der Waals surface area contributed by atoms with Crippen molar-refractivity contribution in [3.63, 3.8) is 0 Å². The molecule has 0 bridgehead atoms. The van der Waals surface area contributed by atoms with E-state index in [-0.39, 0.29) is 18.3 Å². The molecular formula is C14H12ClFN2O. The second-order valence-corrected chi connectivity index (χ2v) is 4.32. The fourth-order valence-corrected chi connectivity index (χ4v) is 1.69. The fraction of sp³-hybridized carbons (Fsp3) is 0.0714. The van der Waals surface area contributed by atoms with Crippen molar-refractivity contribution in [1.29, 1.82) is 0 Å². The molecule has 0 aliphatic heterocycles. The summed E-state index contributed by atoms with van der Waals surface area (Å²) < 4.78 is 12.7. The summed E-state index contributed by atoms with van der Waals surface area (Å²) >= 11 is 5.85. The van der Waals surface area contributed by atoms with Gasteiger partial charge in [0.15, 0.2) is 5.84 Å². The number of amidine groups is 1. The van der Waals surface area contributed by atoms with Gasteiger partial charge in [-0.25, -0.2) is 4.39 Å². The van der Waals surface area contributed by atoms with E-state index in [0.29, 0.717) is 10.6 Å². The van der Waals surface area contributed by atoms with Gasteiger partial charge in [0.05, 0.1) is 0 Å². The van der Waals surface area contributed by atoms with E-state index >= 15 is 0 Å². The standard InChI is InChI=1S/C14H12ClFN2O/c15-12-3-1-2-10(8-12)9-19-18-14(17)11-4-6-13(16)7-5-11/h1-8H,9H2,(H2,17,18). The Labute approximate surface area is 115 Å². The maximum Gasteiger partial charge on any atom is 0.170 e. The number of benzene rings is 2. The highest BCUT2D eigenvalue weighted by Gasteiger charge is 2.00. The minimum Gasteiger partial charge on any atom is -0.389 e. The van der Waals surface area contributed by atoms with Crippen molar-refractivity contribution in [1.82, 2.24) is 0 Å². The molecule has 0 aliphatic rings. The summed E-state index contributed by atoms with van der Waals surface area (Å²) in [5.41, 5.74) is 7.21. The number of halogens is 2. The average Bonchev–Trinajstić information content (AvgIpc) is 2.39. The molecule has 5 heteroatoms. The predicted molar refractivity (Wildman–Crippen MR) is 73.4 cm³/mol. The van der Waals surface area contributed by atoms with Crippen LogP contribution in [0.25, 0.3) is 0 Å². The second-order valence-electron chi connectivity index (χ2n) is 3.89. The van der Waals surface area contributed by atoms with Gasteiger partial charge in [-0.05, 0) is 42.0 Å². The predicted octanol–water partition coefficient (Wildman–Crippen LogP) is 3.32. The van der Waals surface area contributed by atoms with Crippen LogP contribution < -0.4 is 5.73 Å². The van der Waals surface area contributed by atoms with Crippen molar-refractivity contribution >= 4 is 17.4 Å². The second kappa shape index (κ2) is 6.20. The van der Waals surface area contributed by atoms with E-state index in [0.717, 1.165) is 5.56 Å². The number of nitrogens with zero attached hydrogens (tertiary/aromatic N) is 1. The molecule has 2 rings (SSSR count). The summed E-state index contributed by atoms with van der Waals surface area (Å²) in [5.74, 6) is -0.126. The van der Waals surface area contributed by atoms with Crippen LogP contribution in [0.15, 0.2) is 53.7 Å². The maximum absolute atomic E-state index is 12.7. The van der Waals surface area contributed by atoms with Crippen molar-refractivity contribution in [2.75, 3.05) is 0 Å². The Bertz CT molecular complexity index is 584. The Morgan fingerprint density at radius 1 is 1.21 bits per heavy atom. The fourth-order valence-electron chi connectivity index (χ4n) is 1.48. The Kier molecular flexibility index (Phi) is 4.36. The maximum atomic E-state index is 12.7. The topological polar surface area (TPSA) is 47.6 Å². The van der Waals surface area contributed by atoms with Gasteiger partial charge in [-0.15, -0.1) is 0 Å². The molecule has 0 atom stereocenters. The monoisotopic (exact) mass is 278 g/mol. The summed E-state index contributed by atoms with van der Waals surface area (Å²) in [6.45, 7) is 0.266. The third kappa shape index (κ3) is 3.96. The zero-order chi connectivity index (χ0) is 13.7. The summed E-state index contributed by atoms with van der Waals surface area (Å²) in [4.78, 5) is 5.13. The van der Waals surface area contributed by atoms with Crippen LogP contribution in [0.2, 0.25) is 5.02 Å². The van der Waals surface area contributed by atoms with Crippen LogP contribution in [0.3, 0.4) is 0 Å².